The van der Waals surface area contributed by atoms with Gasteiger partial charge in [0.2, 0.25) is 0 Å². The van der Waals surface area contributed by atoms with Gasteiger partial charge >= 0.3 is 5.63 Å². The lowest BCUT2D eigenvalue weighted by atomic mass is 10.1. The third-order valence-electron chi connectivity index (χ3n) is 3.87. The highest BCUT2D eigenvalue weighted by molar-refractivity contribution is 6.05. The van der Waals surface area contributed by atoms with Crippen molar-refractivity contribution in [1.29, 1.82) is 0 Å². The van der Waals surface area contributed by atoms with E-state index < -0.39 is 5.63 Å². The number of nitrogens with one attached hydrogen (secondary N) is 1. The van der Waals surface area contributed by atoms with Gasteiger partial charge in [-0.05, 0) is 38.5 Å². The van der Waals surface area contributed by atoms with Gasteiger partial charge in [-0.2, -0.15) is 0 Å². The second-order valence-electron chi connectivity index (χ2n) is 6.48. The maximum absolute atomic E-state index is 12.6. The highest BCUT2D eigenvalue weighted by Crippen LogP contribution is 2.23. The van der Waals surface area contributed by atoms with Crippen LogP contribution in [0.3, 0.4) is 0 Å². The molecule has 0 aliphatic carbocycles. The Balaban J connectivity index is 1.88. The average Bonchev–Trinajstić information content (AvgIpc) is 2.58. The standard InChI is InChI=1S/C21H21NO4/c1-13(2)25-16-7-8-17-18(11-20(23)26-19(17)10-16)21(24)22-12-15-6-4-5-14(3)9-15/h4-11,13H,12H2,1-3H3,(H,22,24). The zero-order chi connectivity index (χ0) is 18.7. The van der Waals surface area contributed by atoms with Crippen LogP contribution in [0.25, 0.3) is 11.0 Å². The average molecular weight is 351 g/mol. The normalized spacial score (nSPS) is 10.9. The van der Waals surface area contributed by atoms with Gasteiger partial charge in [-0.15, -0.1) is 0 Å². The van der Waals surface area contributed by atoms with Crippen LogP contribution < -0.4 is 15.7 Å². The molecule has 3 aromatic rings. The highest BCUT2D eigenvalue weighted by atomic mass is 16.5. The van der Waals surface area contributed by atoms with Gasteiger partial charge in [0.05, 0.1) is 11.7 Å². The van der Waals surface area contributed by atoms with E-state index in [1.165, 1.54) is 6.07 Å². The van der Waals surface area contributed by atoms with Crippen molar-refractivity contribution in [3.8, 4) is 5.75 Å². The van der Waals surface area contributed by atoms with Crippen molar-refractivity contribution in [1.82, 2.24) is 5.32 Å². The Bertz CT molecular complexity index is 1000. The molecule has 0 saturated heterocycles. The van der Waals surface area contributed by atoms with Crippen molar-refractivity contribution < 1.29 is 13.9 Å². The van der Waals surface area contributed by atoms with E-state index in [0.717, 1.165) is 11.1 Å². The van der Waals surface area contributed by atoms with E-state index in [1.807, 2.05) is 45.0 Å². The molecule has 0 radical (unpaired) electrons. The number of rotatable bonds is 5. The summed E-state index contributed by atoms with van der Waals surface area (Å²) < 4.78 is 10.9. The molecule has 0 saturated carbocycles. The van der Waals surface area contributed by atoms with E-state index in [2.05, 4.69) is 5.32 Å². The van der Waals surface area contributed by atoms with Gasteiger partial charge < -0.3 is 14.5 Å². The van der Waals surface area contributed by atoms with Crippen LogP contribution in [-0.4, -0.2) is 12.0 Å². The maximum atomic E-state index is 12.6. The number of ether oxygens (including phenoxy) is 1. The van der Waals surface area contributed by atoms with Gasteiger partial charge in [-0.25, -0.2) is 4.79 Å². The lowest BCUT2D eigenvalue weighted by Gasteiger charge is -2.11. The fraction of sp³-hybridized carbons (Fsp3) is 0.238. The molecule has 0 fully saturated rings. The Hall–Kier alpha value is -3.08. The molecule has 0 bridgehead atoms. The van der Waals surface area contributed by atoms with Crippen LogP contribution >= 0.6 is 0 Å². The Labute approximate surface area is 151 Å². The van der Waals surface area contributed by atoms with Gasteiger partial charge in [-0.3, -0.25) is 4.79 Å². The van der Waals surface area contributed by atoms with Crippen molar-refractivity contribution in [3.05, 3.63) is 75.6 Å². The molecule has 1 aromatic heterocycles. The first-order chi connectivity index (χ1) is 12.4. The van der Waals surface area contributed by atoms with E-state index in [9.17, 15) is 9.59 Å². The summed E-state index contributed by atoms with van der Waals surface area (Å²) in [6.45, 7) is 6.21. The van der Waals surface area contributed by atoms with Crippen LogP contribution in [0, 0.1) is 6.92 Å². The molecule has 3 rings (SSSR count). The minimum Gasteiger partial charge on any atom is -0.491 e. The molecule has 26 heavy (non-hydrogen) atoms. The second-order valence-corrected chi connectivity index (χ2v) is 6.48. The number of fused-ring (bicyclic) bond motifs is 1. The summed E-state index contributed by atoms with van der Waals surface area (Å²) in [5.74, 6) is 0.273. The number of carbonyl (C=O) groups is 1. The molecule has 2 aromatic carbocycles. The molecule has 5 nitrogen and oxygen atoms in total. The largest absolute Gasteiger partial charge is 0.491 e. The zero-order valence-electron chi connectivity index (χ0n) is 15.0. The first-order valence-electron chi connectivity index (χ1n) is 8.50. The molecule has 0 unspecified atom stereocenters. The predicted octanol–water partition coefficient (Wildman–Crippen LogP) is 3.82. The number of hydrogen-bond acceptors (Lipinski definition) is 4. The minimum absolute atomic E-state index is 0.0000164. The summed E-state index contributed by atoms with van der Waals surface area (Å²) in [6, 6.07) is 14.2. The molecule has 0 aliphatic rings. The molecule has 0 spiro atoms. The fourth-order valence-corrected chi connectivity index (χ4v) is 2.78. The van der Waals surface area contributed by atoms with Crippen LogP contribution in [-0.2, 0) is 6.54 Å². The summed E-state index contributed by atoms with van der Waals surface area (Å²) in [5.41, 5.74) is 2.18. The summed E-state index contributed by atoms with van der Waals surface area (Å²) in [4.78, 5) is 24.5. The monoisotopic (exact) mass is 351 g/mol. The second kappa shape index (κ2) is 7.44. The zero-order valence-corrected chi connectivity index (χ0v) is 15.0. The number of amides is 1. The van der Waals surface area contributed by atoms with Gasteiger partial charge in [0.15, 0.2) is 0 Å². The molecule has 5 heteroatoms. The topological polar surface area (TPSA) is 68.5 Å². The predicted molar refractivity (Wildman–Crippen MR) is 101 cm³/mol. The van der Waals surface area contributed by atoms with Crippen LogP contribution in [0.4, 0.5) is 0 Å². The highest BCUT2D eigenvalue weighted by Gasteiger charge is 2.14. The van der Waals surface area contributed by atoms with Crippen molar-refractivity contribution in [2.45, 2.75) is 33.4 Å². The number of aryl methyl sites for hydroxylation is 1. The Morgan fingerprint density at radius 1 is 1.15 bits per heavy atom. The summed E-state index contributed by atoms with van der Waals surface area (Å²) in [7, 11) is 0. The Kier molecular flexibility index (Phi) is 5.07. The molecule has 1 heterocycles. The first-order valence-corrected chi connectivity index (χ1v) is 8.50. The smallest absolute Gasteiger partial charge is 0.337 e. The van der Waals surface area contributed by atoms with E-state index in [1.54, 1.807) is 18.2 Å². The molecular weight excluding hydrogens is 330 g/mol. The first kappa shape index (κ1) is 17.7. The molecule has 134 valence electrons. The van der Waals surface area contributed by atoms with Crippen LogP contribution in [0.2, 0.25) is 0 Å². The van der Waals surface area contributed by atoms with Crippen molar-refractivity contribution in [2.75, 3.05) is 0 Å². The quantitative estimate of drug-likeness (QED) is 0.710. The maximum Gasteiger partial charge on any atom is 0.337 e. The van der Waals surface area contributed by atoms with Crippen molar-refractivity contribution in [2.24, 2.45) is 0 Å². The Morgan fingerprint density at radius 3 is 2.69 bits per heavy atom. The number of carbonyl (C=O) groups excluding carboxylic acids is 1. The minimum atomic E-state index is -0.570. The molecule has 0 atom stereocenters. The molecule has 1 amide bonds. The van der Waals surface area contributed by atoms with Gasteiger partial charge in [0.25, 0.3) is 5.91 Å². The lowest BCUT2D eigenvalue weighted by Crippen LogP contribution is -2.24. The Morgan fingerprint density at radius 2 is 1.96 bits per heavy atom. The van der Waals surface area contributed by atoms with E-state index in [4.69, 9.17) is 9.15 Å². The SMILES string of the molecule is Cc1cccc(CNC(=O)c2cc(=O)oc3cc(OC(C)C)ccc23)c1. The third kappa shape index (κ3) is 4.11. The van der Waals surface area contributed by atoms with E-state index in [-0.39, 0.29) is 12.0 Å². The fourth-order valence-electron chi connectivity index (χ4n) is 2.78. The summed E-state index contributed by atoms with van der Waals surface area (Å²) in [5, 5.41) is 3.43. The van der Waals surface area contributed by atoms with Crippen molar-refractivity contribution >= 4 is 16.9 Å². The van der Waals surface area contributed by atoms with Gasteiger partial charge in [0, 0.05) is 24.1 Å². The van der Waals surface area contributed by atoms with Crippen molar-refractivity contribution in [3.63, 3.8) is 0 Å². The number of hydrogen-bond donors (Lipinski definition) is 1. The summed E-state index contributed by atoms with van der Waals surface area (Å²) >= 11 is 0. The molecular formula is C21H21NO4. The van der Waals surface area contributed by atoms with Gasteiger partial charge in [0.1, 0.15) is 11.3 Å². The number of benzene rings is 2. The van der Waals surface area contributed by atoms with Gasteiger partial charge in [-0.1, -0.05) is 29.8 Å². The lowest BCUT2D eigenvalue weighted by molar-refractivity contribution is 0.0952. The van der Waals surface area contributed by atoms with Crippen LogP contribution in [0.15, 0.2) is 57.7 Å². The van der Waals surface area contributed by atoms with Crippen LogP contribution in [0.1, 0.15) is 35.3 Å². The van der Waals surface area contributed by atoms with E-state index in [0.29, 0.717) is 28.8 Å². The summed E-state index contributed by atoms with van der Waals surface area (Å²) in [6.07, 6.45) is -0.0000164. The third-order valence-corrected chi connectivity index (χ3v) is 3.87. The molecule has 0 aliphatic heterocycles. The van der Waals surface area contributed by atoms with Crippen LogP contribution in [0.5, 0.6) is 5.75 Å². The van der Waals surface area contributed by atoms with E-state index >= 15 is 0 Å². The molecule has 1 N–H and O–H groups in total.